The van der Waals surface area contributed by atoms with Crippen LogP contribution >= 0.6 is 11.8 Å². The molecule has 0 bridgehead atoms. The van der Waals surface area contributed by atoms with Crippen molar-refractivity contribution >= 4 is 23.4 Å². The molecule has 1 aliphatic carbocycles. The third-order valence-electron chi connectivity index (χ3n) is 6.47. The molecule has 0 fully saturated rings. The van der Waals surface area contributed by atoms with Gasteiger partial charge in [0.15, 0.2) is 22.4 Å². The number of thioether (sulfide) groups is 1. The van der Waals surface area contributed by atoms with Gasteiger partial charge in [-0.2, -0.15) is 0 Å². The van der Waals surface area contributed by atoms with Gasteiger partial charge in [-0.15, -0.1) is 0 Å². The molecule has 2 aromatic carbocycles. The largest absolute Gasteiger partial charge is 0.493 e. The molecule has 1 unspecified atom stereocenters. The van der Waals surface area contributed by atoms with E-state index >= 15 is 0 Å². The van der Waals surface area contributed by atoms with Crippen molar-refractivity contribution in [2.75, 3.05) is 19.5 Å². The van der Waals surface area contributed by atoms with Crippen molar-refractivity contribution < 1.29 is 14.3 Å². The van der Waals surface area contributed by atoms with E-state index in [0.29, 0.717) is 45.8 Å². The summed E-state index contributed by atoms with van der Waals surface area (Å²) in [5, 5.41) is 3.87. The summed E-state index contributed by atoms with van der Waals surface area (Å²) < 4.78 is 10.9. The molecule has 0 radical (unpaired) electrons. The molecular weight excluding hydrogens is 462 g/mol. The zero-order chi connectivity index (χ0) is 24.5. The fraction of sp³-hybridized carbons (Fsp3) is 0.296. The Balaban J connectivity index is 1.57. The smallest absolute Gasteiger partial charge is 0.257 e. The number of fused-ring (bicyclic) bond motifs is 1. The van der Waals surface area contributed by atoms with Crippen molar-refractivity contribution in [3.8, 4) is 11.5 Å². The number of nitrogens with zero attached hydrogens (tertiary/aromatic N) is 1. The molecular formula is C27H27N3O4S. The van der Waals surface area contributed by atoms with Gasteiger partial charge in [-0.05, 0) is 43.0 Å². The maximum atomic E-state index is 13.4. The molecule has 1 aliphatic heterocycles. The molecule has 2 N–H and O–H groups in total. The van der Waals surface area contributed by atoms with Gasteiger partial charge in [-0.1, -0.05) is 47.7 Å². The first kappa shape index (κ1) is 23.2. The number of carbonyl (C=O) groups excluding carboxylic acids is 1. The first-order valence-electron chi connectivity index (χ1n) is 11.6. The Morgan fingerprint density at radius 2 is 1.80 bits per heavy atom. The van der Waals surface area contributed by atoms with Crippen LogP contribution in [0.1, 0.15) is 47.4 Å². The summed E-state index contributed by atoms with van der Waals surface area (Å²) >= 11 is 1.48. The first-order chi connectivity index (χ1) is 17.0. The van der Waals surface area contributed by atoms with Crippen LogP contribution in [0.5, 0.6) is 11.5 Å². The Bertz CT molecular complexity index is 1380. The van der Waals surface area contributed by atoms with E-state index in [9.17, 15) is 9.59 Å². The molecule has 8 heteroatoms. The maximum absolute atomic E-state index is 13.4. The summed E-state index contributed by atoms with van der Waals surface area (Å²) in [7, 11) is 3.15. The van der Waals surface area contributed by atoms with E-state index in [0.717, 1.165) is 29.7 Å². The van der Waals surface area contributed by atoms with Gasteiger partial charge >= 0.3 is 0 Å². The summed E-state index contributed by atoms with van der Waals surface area (Å²) in [6.07, 6.45) is 1.98. The van der Waals surface area contributed by atoms with Crippen LogP contribution in [0.25, 0.3) is 0 Å². The van der Waals surface area contributed by atoms with Crippen molar-refractivity contribution in [2.24, 2.45) is 0 Å². The number of allylic oxidation sites excluding steroid dienone is 2. The minimum atomic E-state index is -0.527. The maximum Gasteiger partial charge on any atom is 0.257 e. The number of benzene rings is 2. The van der Waals surface area contributed by atoms with E-state index < -0.39 is 5.92 Å². The number of rotatable bonds is 6. The monoisotopic (exact) mass is 489 g/mol. The van der Waals surface area contributed by atoms with E-state index in [1.165, 1.54) is 17.3 Å². The zero-order valence-corrected chi connectivity index (χ0v) is 20.8. The number of methoxy groups -OCH3 is 2. The number of hydrogen-bond acceptors (Lipinski definition) is 7. The number of ether oxygens (including phenoxy) is 2. The summed E-state index contributed by atoms with van der Waals surface area (Å²) in [5.74, 6) is 1.86. The van der Waals surface area contributed by atoms with Crippen molar-refractivity contribution in [1.29, 1.82) is 0 Å². The van der Waals surface area contributed by atoms with Gasteiger partial charge in [-0.25, -0.2) is 4.98 Å². The van der Waals surface area contributed by atoms with E-state index in [2.05, 4.69) is 41.5 Å². The van der Waals surface area contributed by atoms with Crippen molar-refractivity contribution in [3.63, 3.8) is 0 Å². The van der Waals surface area contributed by atoms with Crippen LogP contribution in [0.3, 0.4) is 0 Å². The Morgan fingerprint density at radius 1 is 1.03 bits per heavy atom. The van der Waals surface area contributed by atoms with Gasteiger partial charge in [0, 0.05) is 29.4 Å². The van der Waals surface area contributed by atoms with Gasteiger partial charge in [0.2, 0.25) is 0 Å². The van der Waals surface area contributed by atoms with Crippen LogP contribution in [0, 0.1) is 6.92 Å². The normalized spacial score (nSPS) is 16.9. The summed E-state index contributed by atoms with van der Waals surface area (Å²) in [6, 6.07) is 13.8. The lowest BCUT2D eigenvalue weighted by molar-refractivity contribution is -0.116. The van der Waals surface area contributed by atoms with Gasteiger partial charge in [0.05, 0.1) is 19.8 Å². The number of aromatic amines is 1. The lowest BCUT2D eigenvalue weighted by Gasteiger charge is -2.33. The molecule has 1 atom stereocenters. The highest BCUT2D eigenvalue weighted by molar-refractivity contribution is 7.98. The third kappa shape index (κ3) is 4.46. The quantitative estimate of drug-likeness (QED) is 0.374. The Hall–Kier alpha value is -3.52. The van der Waals surface area contributed by atoms with Crippen molar-refractivity contribution in [2.45, 2.75) is 43.0 Å². The molecule has 0 saturated heterocycles. The van der Waals surface area contributed by atoms with Crippen LogP contribution < -0.4 is 20.3 Å². The van der Waals surface area contributed by atoms with Crippen molar-refractivity contribution in [3.05, 3.63) is 86.3 Å². The number of anilines is 1. The molecule has 0 spiro atoms. The molecule has 7 nitrogen and oxygen atoms in total. The number of hydrogen-bond donors (Lipinski definition) is 2. The van der Waals surface area contributed by atoms with Crippen LogP contribution in [0.2, 0.25) is 0 Å². The second-order valence-corrected chi connectivity index (χ2v) is 9.71. The number of aryl methyl sites for hydroxylation is 1. The van der Waals surface area contributed by atoms with Gasteiger partial charge in [-0.3, -0.25) is 9.59 Å². The van der Waals surface area contributed by atoms with E-state index in [-0.39, 0.29) is 11.3 Å². The summed E-state index contributed by atoms with van der Waals surface area (Å²) in [6.45, 7) is 2.05. The molecule has 180 valence electrons. The minimum Gasteiger partial charge on any atom is -0.493 e. The highest BCUT2D eigenvalue weighted by Crippen LogP contribution is 2.45. The molecule has 0 amide bonds. The fourth-order valence-corrected chi connectivity index (χ4v) is 5.53. The van der Waals surface area contributed by atoms with E-state index in [1.54, 1.807) is 20.3 Å². The predicted octanol–water partition coefficient (Wildman–Crippen LogP) is 4.95. The average Bonchev–Trinajstić information content (AvgIpc) is 2.87. The summed E-state index contributed by atoms with van der Waals surface area (Å²) in [5.41, 5.74) is 4.84. The predicted molar refractivity (Wildman–Crippen MR) is 136 cm³/mol. The first-order valence-corrected chi connectivity index (χ1v) is 12.5. The van der Waals surface area contributed by atoms with Crippen LogP contribution in [0.4, 0.5) is 5.82 Å². The Morgan fingerprint density at radius 3 is 2.54 bits per heavy atom. The molecule has 5 rings (SSSR count). The fourth-order valence-electron chi connectivity index (χ4n) is 4.71. The second kappa shape index (κ2) is 9.62. The number of ketones is 1. The highest BCUT2D eigenvalue weighted by atomic mass is 32.2. The van der Waals surface area contributed by atoms with E-state index in [4.69, 9.17) is 14.5 Å². The SMILES string of the molecule is COc1ccc(C2C3=C(CCCC3=O)Nc3nc(SCc4ccc(C)cc4)[nH]c(=O)c32)cc1OC. The Labute approximate surface area is 208 Å². The highest BCUT2D eigenvalue weighted by Gasteiger charge is 2.38. The number of carbonyl (C=O) groups is 1. The van der Waals surface area contributed by atoms with E-state index in [1.807, 2.05) is 12.1 Å². The molecule has 35 heavy (non-hydrogen) atoms. The lowest BCUT2D eigenvalue weighted by Crippen LogP contribution is -2.32. The number of nitrogens with one attached hydrogen (secondary N) is 2. The molecule has 3 aromatic rings. The molecule has 1 aromatic heterocycles. The zero-order valence-electron chi connectivity index (χ0n) is 19.9. The van der Waals surface area contributed by atoms with Crippen LogP contribution in [-0.2, 0) is 10.5 Å². The Kier molecular flexibility index (Phi) is 6.38. The molecule has 0 saturated carbocycles. The van der Waals surface area contributed by atoms with Crippen molar-refractivity contribution in [1.82, 2.24) is 9.97 Å². The number of H-pyrrole nitrogens is 1. The second-order valence-electron chi connectivity index (χ2n) is 8.75. The minimum absolute atomic E-state index is 0.0569. The number of Topliss-reactive ketones (excluding diaryl/α,β-unsaturated/α-hetero) is 1. The number of aromatic nitrogens is 2. The van der Waals surface area contributed by atoms with Crippen LogP contribution in [0.15, 0.2) is 63.7 Å². The lowest BCUT2D eigenvalue weighted by atomic mass is 9.76. The third-order valence-corrected chi connectivity index (χ3v) is 7.42. The standard InChI is InChI=1S/C27H27N3O4S/c1-15-7-9-16(10-8-15)14-35-27-29-25-24(26(32)30-27)22(23-18(28-25)5-4-6-19(23)31)17-11-12-20(33-2)21(13-17)34-3/h7-13,22H,4-6,14H2,1-3H3,(H2,28,29,30,32). The molecule has 2 heterocycles. The summed E-state index contributed by atoms with van der Waals surface area (Å²) in [4.78, 5) is 34.2. The molecule has 2 aliphatic rings. The van der Waals surface area contributed by atoms with Gasteiger partial charge in [0.25, 0.3) is 5.56 Å². The van der Waals surface area contributed by atoms with Gasteiger partial charge in [0.1, 0.15) is 5.82 Å². The topological polar surface area (TPSA) is 93.3 Å². The van der Waals surface area contributed by atoms with Crippen LogP contribution in [-0.4, -0.2) is 30.0 Å². The van der Waals surface area contributed by atoms with Gasteiger partial charge < -0.3 is 19.8 Å². The average molecular weight is 490 g/mol.